The molecule has 4 N–H and O–H groups in total. The van der Waals surface area contributed by atoms with Crippen LogP contribution in [0.25, 0.3) is 0 Å². The molecule has 0 atom stereocenters. The van der Waals surface area contributed by atoms with Gasteiger partial charge in [0, 0.05) is 25.2 Å². The van der Waals surface area contributed by atoms with E-state index in [1.165, 1.54) is 0 Å². The average Bonchev–Trinajstić information content (AvgIpc) is 2.77. The summed E-state index contributed by atoms with van der Waals surface area (Å²) in [6.45, 7) is 3.91. The van der Waals surface area contributed by atoms with Crippen molar-refractivity contribution in [1.29, 1.82) is 0 Å². The highest BCUT2D eigenvalue weighted by molar-refractivity contribution is 5.63. The maximum absolute atomic E-state index is 5.46. The van der Waals surface area contributed by atoms with Crippen LogP contribution in [0.5, 0.6) is 0 Å². The van der Waals surface area contributed by atoms with E-state index in [9.17, 15) is 0 Å². The second-order valence-corrected chi connectivity index (χ2v) is 3.99. The largest absolute Gasteiger partial charge is 0.337 e. The second kappa shape index (κ2) is 5.01. The first-order chi connectivity index (χ1) is 8.63. The number of nitrogens with one attached hydrogen (secondary N) is 2. The summed E-state index contributed by atoms with van der Waals surface area (Å²) < 4.78 is 1.72. The maximum Gasteiger partial charge on any atom is 0.148 e. The fourth-order valence-corrected chi connectivity index (χ4v) is 1.61. The summed E-state index contributed by atoms with van der Waals surface area (Å²) in [6, 6.07) is 0. The predicted octanol–water partition coefficient (Wildman–Crippen LogP) is 1.11. The molecule has 7 nitrogen and oxygen atoms in total. The normalized spacial score (nSPS) is 10.4. The summed E-state index contributed by atoms with van der Waals surface area (Å²) in [5, 5.41) is 7.31. The van der Waals surface area contributed by atoms with Crippen molar-refractivity contribution in [3.8, 4) is 0 Å². The number of hydrogen-bond donors (Lipinski definition) is 3. The van der Waals surface area contributed by atoms with E-state index in [2.05, 4.69) is 25.8 Å². The van der Waals surface area contributed by atoms with Crippen LogP contribution in [0.3, 0.4) is 0 Å². The Morgan fingerprint density at radius 2 is 2.06 bits per heavy atom. The van der Waals surface area contributed by atoms with E-state index in [0.29, 0.717) is 5.82 Å². The third-order valence-corrected chi connectivity index (χ3v) is 2.61. The van der Waals surface area contributed by atoms with Gasteiger partial charge in [-0.3, -0.25) is 4.68 Å². The van der Waals surface area contributed by atoms with E-state index in [1.807, 2.05) is 27.1 Å². The Bertz CT molecular complexity index is 546. The quantitative estimate of drug-likeness (QED) is 0.553. The predicted molar refractivity (Wildman–Crippen MR) is 70.4 cm³/mol. The number of hydrogen-bond acceptors (Lipinski definition) is 6. The van der Waals surface area contributed by atoms with Crippen molar-refractivity contribution in [1.82, 2.24) is 19.7 Å². The highest BCUT2D eigenvalue weighted by atomic mass is 15.3. The van der Waals surface area contributed by atoms with Crippen LogP contribution in [0.1, 0.15) is 18.3 Å². The molecular weight excluding hydrogens is 230 g/mol. The molecule has 2 rings (SSSR count). The summed E-state index contributed by atoms with van der Waals surface area (Å²) in [5.41, 5.74) is 4.34. The second-order valence-electron chi connectivity index (χ2n) is 3.99. The molecular formula is C11H17N7. The van der Waals surface area contributed by atoms with Crippen LogP contribution < -0.4 is 16.6 Å². The fourth-order valence-electron chi connectivity index (χ4n) is 1.61. The Morgan fingerprint density at radius 3 is 2.61 bits per heavy atom. The van der Waals surface area contributed by atoms with Crippen LogP contribution in [-0.2, 0) is 13.5 Å². The lowest BCUT2D eigenvalue weighted by atomic mass is 10.3. The first kappa shape index (κ1) is 12.3. The highest BCUT2D eigenvalue weighted by Crippen LogP contribution is 2.22. The van der Waals surface area contributed by atoms with E-state index in [-0.39, 0.29) is 0 Å². The molecule has 0 aromatic carbocycles. The fraction of sp³-hybridized carbons (Fsp3) is 0.364. The first-order valence-electron chi connectivity index (χ1n) is 5.73. The molecule has 0 spiro atoms. The molecule has 0 fully saturated rings. The van der Waals surface area contributed by atoms with Crippen LogP contribution in [-0.4, -0.2) is 19.7 Å². The third-order valence-electron chi connectivity index (χ3n) is 2.61. The van der Waals surface area contributed by atoms with E-state index < -0.39 is 0 Å². The number of nitrogens with zero attached hydrogens (tertiary/aromatic N) is 4. The lowest BCUT2D eigenvalue weighted by Gasteiger charge is -2.11. The number of hydrazine groups is 1. The number of nitrogens with two attached hydrogens (primary N) is 1. The van der Waals surface area contributed by atoms with Gasteiger partial charge >= 0.3 is 0 Å². The van der Waals surface area contributed by atoms with Crippen molar-refractivity contribution >= 4 is 17.3 Å². The third kappa shape index (κ3) is 2.40. The van der Waals surface area contributed by atoms with Crippen molar-refractivity contribution in [2.24, 2.45) is 12.9 Å². The van der Waals surface area contributed by atoms with Crippen molar-refractivity contribution < 1.29 is 0 Å². The van der Waals surface area contributed by atoms with Crippen molar-refractivity contribution in [2.45, 2.75) is 20.3 Å². The molecule has 0 saturated heterocycles. The van der Waals surface area contributed by atoms with Gasteiger partial charge in [-0.15, -0.1) is 0 Å². The molecule has 0 aliphatic carbocycles. The van der Waals surface area contributed by atoms with Gasteiger partial charge in [-0.05, 0) is 6.92 Å². The first-order valence-corrected chi connectivity index (χ1v) is 5.73. The van der Waals surface area contributed by atoms with Gasteiger partial charge in [0.25, 0.3) is 0 Å². The summed E-state index contributed by atoms with van der Waals surface area (Å²) >= 11 is 0. The summed E-state index contributed by atoms with van der Waals surface area (Å²) in [5.74, 6) is 7.56. The molecule has 0 amide bonds. The van der Waals surface area contributed by atoms with E-state index >= 15 is 0 Å². The van der Waals surface area contributed by atoms with Gasteiger partial charge in [-0.25, -0.2) is 15.8 Å². The molecule has 2 aromatic rings. The van der Waals surface area contributed by atoms with E-state index in [1.54, 1.807) is 10.9 Å². The van der Waals surface area contributed by atoms with E-state index in [4.69, 9.17) is 5.84 Å². The Labute approximate surface area is 105 Å². The zero-order valence-electron chi connectivity index (χ0n) is 10.7. The van der Waals surface area contributed by atoms with Crippen molar-refractivity contribution in [3.05, 3.63) is 23.8 Å². The molecule has 2 heterocycles. The molecule has 0 aliphatic heterocycles. The standard InChI is InChI=1S/C11H17N7/c1-4-9-15-10(7(2)11(16-9)17-12)14-8-5-13-18(3)6-8/h5-6H,4,12H2,1-3H3,(H2,14,15,16,17). The Morgan fingerprint density at radius 1 is 1.33 bits per heavy atom. The minimum Gasteiger partial charge on any atom is -0.337 e. The van der Waals surface area contributed by atoms with Crippen LogP contribution in [0.4, 0.5) is 17.3 Å². The van der Waals surface area contributed by atoms with Gasteiger partial charge in [-0.2, -0.15) is 5.10 Å². The molecule has 0 bridgehead atoms. The Hall–Kier alpha value is -2.15. The van der Waals surface area contributed by atoms with Gasteiger partial charge in [-0.1, -0.05) is 6.92 Å². The molecule has 0 saturated carbocycles. The topological polar surface area (TPSA) is 93.7 Å². The molecule has 7 heteroatoms. The summed E-state index contributed by atoms with van der Waals surface area (Å²) in [4.78, 5) is 8.76. The molecule has 96 valence electrons. The average molecular weight is 247 g/mol. The van der Waals surface area contributed by atoms with Crippen LogP contribution in [0.15, 0.2) is 12.4 Å². The van der Waals surface area contributed by atoms with Gasteiger partial charge in [0.15, 0.2) is 0 Å². The van der Waals surface area contributed by atoms with Gasteiger partial charge < -0.3 is 10.7 Å². The number of rotatable bonds is 4. The zero-order chi connectivity index (χ0) is 13.1. The zero-order valence-corrected chi connectivity index (χ0v) is 10.7. The van der Waals surface area contributed by atoms with Crippen LogP contribution in [0.2, 0.25) is 0 Å². The molecule has 0 aliphatic rings. The molecule has 0 radical (unpaired) electrons. The molecule has 18 heavy (non-hydrogen) atoms. The molecule has 0 unspecified atom stereocenters. The van der Waals surface area contributed by atoms with E-state index in [0.717, 1.165) is 29.3 Å². The van der Waals surface area contributed by atoms with Crippen molar-refractivity contribution in [3.63, 3.8) is 0 Å². The SMILES string of the molecule is CCc1nc(NN)c(C)c(Nc2cnn(C)c2)n1. The number of nitrogen functional groups attached to an aromatic ring is 1. The minimum absolute atomic E-state index is 0.633. The number of aromatic nitrogens is 4. The number of anilines is 3. The van der Waals surface area contributed by atoms with Crippen LogP contribution in [0, 0.1) is 6.92 Å². The Kier molecular flexibility index (Phi) is 3.42. The molecule has 2 aromatic heterocycles. The lowest BCUT2D eigenvalue weighted by Crippen LogP contribution is -2.13. The smallest absolute Gasteiger partial charge is 0.148 e. The minimum atomic E-state index is 0.633. The van der Waals surface area contributed by atoms with Crippen LogP contribution >= 0.6 is 0 Å². The summed E-state index contributed by atoms with van der Waals surface area (Å²) in [6.07, 6.45) is 4.36. The monoisotopic (exact) mass is 247 g/mol. The maximum atomic E-state index is 5.46. The lowest BCUT2D eigenvalue weighted by molar-refractivity contribution is 0.768. The van der Waals surface area contributed by atoms with Gasteiger partial charge in [0.05, 0.1) is 11.9 Å². The number of aryl methyl sites for hydroxylation is 2. The summed E-state index contributed by atoms with van der Waals surface area (Å²) in [7, 11) is 1.86. The van der Waals surface area contributed by atoms with Gasteiger partial charge in [0.1, 0.15) is 17.5 Å². The highest BCUT2D eigenvalue weighted by Gasteiger charge is 2.10. The van der Waals surface area contributed by atoms with Crippen molar-refractivity contribution in [2.75, 3.05) is 10.7 Å². The Balaban J connectivity index is 2.36. The van der Waals surface area contributed by atoms with Gasteiger partial charge in [0.2, 0.25) is 0 Å².